The van der Waals surface area contributed by atoms with Gasteiger partial charge in [0.1, 0.15) is 12.5 Å². The molecule has 3 aromatic rings. The first-order valence-electron chi connectivity index (χ1n) is 14.9. The number of piperidine rings is 3. The summed E-state index contributed by atoms with van der Waals surface area (Å²) in [5.74, 6) is -3.26. The molecule has 3 aromatic carbocycles. The van der Waals surface area contributed by atoms with Crippen molar-refractivity contribution < 1.29 is 47.0 Å². The Labute approximate surface area is 260 Å². The van der Waals surface area contributed by atoms with Crippen LogP contribution in [0.15, 0.2) is 91.0 Å². The Morgan fingerprint density at radius 2 is 1.36 bits per heavy atom. The van der Waals surface area contributed by atoms with Crippen molar-refractivity contribution in [2.45, 2.75) is 43.6 Å². The van der Waals surface area contributed by atoms with Gasteiger partial charge in [0.25, 0.3) is 0 Å². The van der Waals surface area contributed by atoms with E-state index in [1.54, 1.807) is 24.3 Å². The van der Waals surface area contributed by atoms with Crippen LogP contribution in [0, 0.1) is 5.92 Å². The zero-order valence-corrected chi connectivity index (χ0v) is 24.7. The second-order valence-corrected chi connectivity index (χ2v) is 11.5. The zero-order valence-electron chi connectivity index (χ0n) is 24.7. The van der Waals surface area contributed by atoms with E-state index in [1.165, 1.54) is 5.56 Å². The number of rotatable bonds is 10. The molecular weight excluding hydrogens is 589 g/mol. The number of aliphatic carboxylic acids is 1. The minimum atomic E-state index is -5.19. The van der Waals surface area contributed by atoms with Gasteiger partial charge in [-0.2, -0.15) is 13.2 Å². The summed E-state index contributed by atoms with van der Waals surface area (Å²) in [5, 5.41) is 23.7. The molecule has 2 N–H and O–H groups in total. The Kier molecular flexibility index (Phi) is 11.0. The number of halogens is 3. The van der Waals surface area contributed by atoms with Crippen LogP contribution >= 0.6 is 0 Å². The molecule has 11 heteroatoms. The highest BCUT2D eigenvalue weighted by Crippen LogP contribution is 2.38. The summed E-state index contributed by atoms with van der Waals surface area (Å²) in [6.07, 6.45) is -2.27. The Morgan fingerprint density at radius 3 is 1.84 bits per heavy atom. The Bertz CT molecular complexity index is 1370. The smallest absolute Gasteiger partial charge is 0.430 e. The van der Waals surface area contributed by atoms with Crippen molar-refractivity contribution in [2.75, 3.05) is 32.7 Å². The lowest BCUT2D eigenvalue weighted by molar-refractivity contribution is -0.945. The third-order valence-corrected chi connectivity index (χ3v) is 8.60. The van der Waals surface area contributed by atoms with Crippen molar-refractivity contribution in [3.8, 4) is 0 Å². The fourth-order valence-electron chi connectivity index (χ4n) is 6.08. The summed E-state index contributed by atoms with van der Waals surface area (Å²) in [6.45, 7) is 4.20. The van der Waals surface area contributed by atoms with Crippen molar-refractivity contribution >= 4 is 17.8 Å². The molecule has 3 heterocycles. The molecule has 0 aliphatic carbocycles. The van der Waals surface area contributed by atoms with Crippen molar-refractivity contribution in [3.05, 3.63) is 108 Å². The Morgan fingerprint density at radius 1 is 0.867 bits per heavy atom. The van der Waals surface area contributed by atoms with E-state index >= 15 is 0 Å². The number of carbonyl (C=O) groups excluding carboxylic acids is 3. The Hall–Kier alpha value is -4.22. The number of nitrogens with one attached hydrogen (secondary N) is 1. The second kappa shape index (κ2) is 14.7. The number of hydrogen-bond acceptors (Lipinski definition) is 6. The van der Waals surface area contributed by atoms with Crippen LogP contribution in [-0.2, 0) is 31.1 Å². The van der Waals surface area contributed by atoms with Gasteiger partial charge < -0.3 is 29.5 Å². The maximum absolute atomic E-state index is 13.7. The summed E-state index contributed by atoms with van der Waals surface area (Å²) in [6, 6.07) is 28.1. The van der Waals surface area contributed by atoms with Gasteiger partial charge in [-0.05, 0) is 23.1 Å². The van der Waals surface area contributed by atoms with E-state index in [-0.39, 0.29) is 12.0 Å². The van der Waals surface area contributed by atoms with Crippen LogP contribution in [0.3, 0.4) is 0 Å². The van der Waals surface area contributed by atoms with Gasteiger partial charge in [0.15, 0.2) is 6.10 Å². The number of carboxylic acids is 1. The van der Waals surface area contributed by atoms with Gasteiger partial charge in [0.2, 0.25) is 11.5 Å². The van der Waals surface area contributed by atoms with E-state index in [9.17, 15) is 27.9 Å². The number of nitrogens with zero attached hydrogens (tertiary/aromatic N) is 1. The van der Waals surface area contributed by atoms with E-state index < -0.39 is 23.7 Å². The lowest BCUT2D eigenvalue weighted by Crippen LogP contribution is -2.66. The van der Waals surface area contributed by atoms with E-state index in [0.717, 1.165) is 49.9 Å². The summed E-state index contributed by atoms with van der Waals surface area (Å²) < 4.78 is 38.5. The highest BCUT2D eigenvalue weighted by molar-refractivity contribution is 5.85. The van der Waals surface area contributed by atoms with E-state index in [2.05, 4.69) is 5.32 Å². The molecule has 1 amide bonds. The zero-order chi connectivity index (χ0) is 32.5. The molecule has 0 spiro atoms. The fraction of sp³-hybridized carbons (Fsp3) is 0.382. The van der Waals surface area contributed by atoms with Gasteiger partial charge in [0.05, 0.1) is 26.2 Å². The average molecular weight is 627 g/mol. The second-order valence-electron chi connectivity index (χ2n) is 11.5. The Balaban J connectivity index is 0.000000591. The summed E-state index contributed by atoms with van der Waals surface area (Å²) in [7, 11) is 0. The molecule has 3 aliphatic heterocycles. The van der Waals surface area contributed by atoms with Crippen LogP contribution in [0.25, 0.3) is 0 Å². The summed E-state index contributed by atoms with van der Waals surface area (Å²) in [5.41, 5.74) is 0.295. The highest BCUT2D eigenvalue weighted by Gasteiger charge is 2.50. The number of aliphatic hydroxyl groups is 1. The first-order valence-corrected chi connectivity index (χ1v) is 14.9. The standard InChI is InChI=1S/C32H36N2O4.C2HF3O2/c35-30(17-16-25-10-4-1-5-11-25)33-20-23-34-21-18-26(19-22-34)29(24-34)38-31(36)32(37,27-12-6-2-7-13-27)28-14-8-3-9-15-28;3-2(4,5)1(6)7/h1-15,26,29,37H,16-24H2;(H,6,7)/t26?,29-,34?;/m0./s1. The quantitative estimate of drug-likeness (QED) is 0.264. The van der Waals surface area contributed by atoms with Crippen LogP contribution in [0.4, 0.5) is 13.2 Å². The largest absolute Gasteiger partial charge is 0.542 e. The molecular formula is C34H37F3N2O6. The van der Waals surface area contributed by atoms with Crippen LogP contribution in [0.1, 0.15) is 36.0 Å². The molecule has 3 fully saturated rings. The monoisotopic (exact) mass is 626 g/mol. The number of carbonyl (C=O) groups is 3. The molecule has 6 rings (SSSR count). The number of benzene rings is 3. The van der Waals surface area contributed by atoms with Crippen LogP contribution in [0.2, 0.25) is 0 Å². The van der Waals surface area contributed by atoms with Crippen molar-refractivity contribution in [1.29, 1.82) is 0 Å². The normalized spacial score (nSPS) is 20.8. The maximum Gasteiger partial charge on any atom is 0.430 e. The molecule has 2 bridgehead atoms. The number of esters is 1. The van der Waals surface area contributed by atoms with Crippen molar-refractivity contribution in [2.24, 2.45) is 5.92 Å². The number of quaternary nitrogens is 1. The minimum absolute atomic E-state index is 0.0673. The predicted octanol–water partition coefficient (Wildman–Crippen LogP) is 3.12. The van der Waals surface area contributed by atoms with Crippen LogP contribution in [0.5, 0.6) is 0 Å². The molecule has 240 valence electrons. The van der Waals surface area contributed by atoms with Gasteiger partial charge in [-0.3, -0.25) is 4.79 Å². The molecule has 0 aromatic heterocycles. The molecule has 0 unspecified atom stereocenters. The van der Waals surface area contributed by atoms with Crippen LogP contribution in [-0.4, -0.2) is 72.4 Å². The van der Waals surface area contributed by atoms with Gasteiger partial charge in [-0.25, -0.2) is 4.79 Å². The van der Waals surface area contributed by atoms with Gasteiger partial charge in [-0.15, -0.1) is 0 Å². The van der Waals surface area contributed by atoms with Crippen LogP contribution < -0.4 is 10.4 Å². The van der Waals surface area contributed by atoms with Crippen molar-refractivity contribution in [1.82, 2.24) is 5.32 Å². The topological polar surface area (TPSA) is 116 Å². The van der Waals surface area contributed by atoms with Crippen molar-refractivity contribution in [3.63, 3.8) is 0 Å². The molecule has 3 saturated heterocycles. The maximum atomic E-state index is 13.7. The number of fused-ring (bicyclic) bond motifs is 3. The van der Waals surface area contributed by atoms with E-state index in [4.69, 9.17) is 14.6 Å². The number of aryl methyl sites for hydroxylation is 1. The van der Waals surface area contributed by atoms with E-state index in [1.807, 2.05) is 66.7 Å². The highest BCUT2D eigenvalue weighted by atomic mass is 19.4. The third kappa shape index (κ3) is 8.70. The lowest BCUT2D eigenvalue weighted by Gasteiger charge is -2.52. The van der Waals surface area contributed by atoms with E-state index in [0.29, 0.717) is 30.0 Å². The molecule has 8 nitrogen and oxygen atoms in total. The van der Waals surface area contributed by atoms with Gasteiger partial charge in [0, 0.05) is 25.2 Å². The first-order chi connectivity index (χ1) is 21.4. The summed E-state index contributed by atoms with van der Waals surface area (Å²) >= 11 is 0. The lowest BCUT2D eigenvalue weighted by atomic mass is 9.82. The third-order valence-electron chi connectivity index (χ3n) is 8.60. The molecule has 1 atom stereocenters. The minimum Gasteiger partial charge on any atom is -0.542 e. The van der Waals surface area contributed by atoms with Gasteiger partial charge >= 0.3 is 12.1 Å². The van der Waals surface area contributed by atoms with Gasteiger partial charge in [-0.1, -0.05) is 91.0 Å². The first kappa shape index (κ1) is 33.7. The SMILES string of the molecule is O=C(CCc1ccccc1)NCC[N+]12CCC(CC1)[C@@H](OC(=O)C(O)(c1ccccc1)c1ccccc1)C2.O=C([O-])C(F)(F)F. The predicted molar refractivity (Wildman–Crippen MR) is 157 cm³/mol. The number of carboxylic acid groups (broad SMARTS) is 1. The number of amides is 1. The molecule has 0 saturated carbocycles. The summed E-state index contributed by atoms with van der Waals surface area (Å²) in [4.78, 5) is 34.9. The molecule has 3 aliphatic rings. The molecule has 45 heavy (non-hydrogen) atoms. The number of ether oxygens (including phenoxy) is 1. The average Bonchev–Trinajstić information content (AvgIpc) is 3.05. The molecule has 0 radical (unpaired) electrons. The fourth-order valence-corrected chi connectivity index (χ4v) is 6.08. The number of alkyl halides is 3. The number of hydrogen-bond donors (Lipinski definition) is 2.